The van der Waals surface area contributed by atoms with Crippen molar-refractivity contribution in [3.63, 3.8) is 0 Å². The first-order chi connectivity index (χ1) is 12.4. The molecule has 5 N–H and O–H groups in total. The maximum absolute atomic E-state index is 12.0. The van der Waals surface area contributed by atoms with E-state index in [0.717, 1.165) is 25.7 Å². The van der Waals surface area contributed by atoms with Gasteiger partial charge in [-0.1, -0.05) is 19.3 Å². The molecule has 150 valence electrons. The molecule has 2 saturated carbocycles. The quantitative estimate of drug-likeness (QED) is 0.519. The number of likely N-dealkylation sites (tertiary alicyclic amines) is 1. The van der Waals surface area contributed by atoms with Crippen LogP contribution in [0.5, 0.6) is 0 Å². The molecule has 6 atom stereocenters. The maximum Gasteiger partial charge on any atom is 0.253 e. The highest BCUT2D eigenvalue weighted by Crippen LogP contribution is 2.46. The van der Waals surface area contributed by atoms with Crippen molar-refractivity contribution in [3.8, 4) is 0 Å². The van der Waals surface area contributed by atoms with E-state index in [1.54, 1.807) is 4.90 Å². The zero-order chi connectivity index (χ0) is 18.8. The van der Waals surface area contributed by atoms with Crippen LogP contribution in [0, 0.1) is 23.7 Å². The summed E-state index contributed by atoms with van der Waals surface area (Å²) >= 11 is 6.68. The standard InChI is InChI=1S/C19H33ClN2O4/c20-15-8-14(16(24)9-13(15)11-2-1-3-11)18(21)12-4-6-22(7-5-12)19(26)17(25)10-23/h11-18,23-25H,1-10,21H2/t13?,14?,15?,16?,17-,18-/m1/s1. The molecular weight excluding hydrogens is 356 g/mol. The van der Waals surface area contributed by atoms with Crippen molar-refractivity contribution < 1.29 is 20.1 Å². The maximum atomic E-state index is 12.0. The molecule has 7 heteroatoms. The number of carbonyl (C=O) groups is 1. The number of aliphatic hydroxyl groups excluding tert-OH is 3. The van der Waals surface area contributed by atoms with Crippen LogP contribution in [0.15, 0.2) is 0 Å². The minimum absolute atomic E-state index is 0.0177. The van der Waals surface area contributed by atoms with Crippen LogP contribution in [0.4, 0.5) is 0 Å². The van der Waals surface area contributed by atoms with Gasteiger partial charge in [-0.15, -0.1) is 11.6 Å². The minimum atomic E-state index is -1.33. The van der Waals surface area contributed by atoms with E-state index in [9.17, 15) is 15.0 Å². The Balaban J connectivity index is 1.52. The van der Waals surface area contributed by atoms with Gasteiger partial charge in [0.15, 0.2) is 6.10 Å². The normalized spacial score (nSPS) is 36.4. The van der Waals surface area contributed by atoms with Gasteiger partial charge in [0.1, 0.15) is 0 Å². The first kappa shape index (κ1) is 20.3. The average molecular weight is 389 g/mol. The van der Waals surface area contributed by atoms with Crippen LogP contribution in [-0.4, -0.2) is 69.4 Å². The highest BCUT2D eigenvalue weighted by molar-refractivity contribution is 6.20. The van der Waals surface area contributed by atoms with Gasteiger partial charge in [0.25, 0.3) is 5.91 Å². The first-order valence-electron chi connectivity index (χ1n) is 10.1. The minimum Gasteiger partial charge on any atom is -0.393 e. The molecule has 0 aromatic heterocycles. The molecule has 4 unspecified atom stereocenters. The Morgan fingerprint density at radius 1 is 1.19 bits per heavy atom. The summed E-state index contributed by atoms with van der Waals surface area (Å²) in [5, 5.41) is 29.2. The lowest BCUT2D eigenvalue weighted by Crippen LogP contribution is -2.53. The Morgan fingerprint density at radius 2 is 1.85 bits per heavy atom. The second-order valence-corrected chi connectivity index (χ2v) is 9.07. The third-order valence-electron chi connectivity index (χ3n) is 7.07. The van der Waals surface area contributed by atoms with E-state index in [2.05, 4.69) is 0 Å². The number of hydrogen-bond donors (Lipinski definition) is 4. The SMILES string of the molecule is N[C@H](C1CCN(C(=O)[C@H](O)CO)CC1)C1CC(Cl)C(C2CCC2)CC1O. The summed E-state index contributed by atoms with van der Waals surface area (Å²) in [4.78, 5) is 13.6. The number of nitrogens with two attached hydrogens (primary N) is 1. The predicted octanol–water partition coefficient (Wildman–Crippen LogP) is 0.700. The van der Waals surface area contributed by atoms with Crippen molar-refractivity contribution in [3.05, 3.63) is 0 Å². The van der Waals surface area contributed by atoms with Gasteiger partial charge in [-0.2, -0.15) is 0 Å². The smallest absolute Gasteiger partial charge is 0.253 e. The third-order valence-corrected chi connectivity index (χ3v) is 7.57. The molecule has 0 aromatic rings. The summed E-state index contributed by atoms with van der Waals surface area (Å²) in [6, 6.07) is -0.117. The Kier molecular flexibility index (Phi) is 6.83. The average Bonchev–Trinajstić information content (AvgIpc) is 2.61. The summed E-state index contributed by atoms with van der Waals surface area (Å²) in [6.45, 7) is 0.518. The van der Waals surface area contributed by atoms with Crippen molar-refractivity contribution in [1.29, 1.82) is 0 Å². The highest BCUT2D eigenvalue weighted by atomic mass is 35.5. The summed E-state index contributed by atoms with van der Waals surface area (Å²) in [5.41, 5.74) is 6.54. The van der Waals surface area contributed by atoms with Crippen LogP contribution < -0.4 is 5.73 Å². The Bertz CT molecular complexity index is 482. The summed E-state index contributed by atoms with van der Waals surface area (Å²) in [6.07, 6.45) is 5.09. The number of piperidine rings is 1. The molecule has 0 radical (unpaired) electrons. The van der Waals surface area contributed by atoms with Gasteiger partial charge in [0, 0.05) is 30.4 Å². The molecule has 6 nitrogen and oxygen atoms in total. The van der Waals surface area contributed by atoms with Crippen LogP contribution in [-0.2, 0) is 4.79 Å². The number of amides is 1. The summed E-state index contributed by atoms with van der Waals surface area (Å²) < 4.78 is 0. The number of hydrogen-bond acceptors (Lipinski definition) is 5. The lowest BCUT2D eigenvalue weighted by atomic mass is 9.64. The topological polar surface area (TPSA) is 107 Å². The van der Waals surface area contributed by atoms with Gasteiger partial charge in [-0.05, 0) is 43.4 Å². The number of halogens is 1. The zero-order valence-corrected chi connectivity index (χ0v) is 16.1. The molecule has 3 aliphatic rings. The fourth-order valence-corrected chi connectivity index (χ4v) is 5.62. The number of nitrogens with zero attached hydrogens (tertiary/aromatic N) is 1. The van der Waals surface area contributed by atoms with E-state index in [1.165, 1.54) is 19.3 Å². The lowest BCUT2D eigenvalue weighted by molar-refractivity contribution is -0.143. The molecule has 26 heavy (non-hydrogen) atoms. The van der Waals surface area contributed by atoms with Gasteiger partial charge < -0.3 is 26.0 Å². The highest BCUT2D eigenvalue weighted by Gasteiger charge is 2.44. The monoisotopic (exact) mass is 388 g/mol. The zero-order valence-electron chi connectivity index (χ0n) is 15.3. The fraction of sp³-hybridized carbons (Fsp3) is 0.947. The molecular formula is C19H33ClN2O4. The van der Waals surface area contributed by atoms with Gasteiger partial charge in [0.2, 0.25) is 0 Å². The number of alkyl halides is 1. The Labute approximate surface area is 160 Å². The molecule has 1 amide bonds. The molecule has 0 spiro atoms. The second kappa shape index (κ2) is 8.74. The molecule has 0 bridgehead atoms. The van der Waals surface area contributed by atoms with E-state index in [4.69, 9.17) is 22.4 Å². The summed E-state index contributed by atoms with van der Waals surface area (Å²) in [5.74, 6) is 0.944. The van der Waals surface area contributed by atoms with Gasteiger partial charge in [-0.3, -0.25) is 4.79 Å². The molecule has 2 aliphatic carbocycles. The molecule has 1 aliphatic heterocycles. The van der Waals surface area contributed by atoms with E-state index in [-0.39, 0.29) is 29.4 Å². The van der Waals surface area contributed by atoms with Crippen molar-refractivity contribution >= 4 is 17.5 Å². The van der Waals surface area contributed by atoms with Crippen LogP contribution in [0.3, 0.4) is 0 Å². The molecule has 0 aromatic carbocycles. The van der Waals surface area contributed by atoms with Gasteiger partial charge >= 0.3 is 0 Å². The van der Waals surface area contributed by atoms with E-state index in [0.29, 0.717) is 24.9 Å². The second-order valence-electron chi connectivity index (χ2n) is 8.51. The van der Waals surface area contributed by atoms with Crippen LogP contribution in [0.25, 0.3) is 0 Å². The van der Waals surface area contributed by atoms with Crippen molar-refractivity contribution in [2.24, 2.45) is 29.4 Å². The molecule has 3 rings (SSSR count). The first-order valence-corrected chi connectivity index (χ1v) is 10.5. The van der Waals surface area contributed by atoms with Gasteiger partial charge in [0.05, 0.1) is 12.7 Å². The molecule has 1 saturated heterocycles. The van der Waals surface area contributed by atoms with E-state index in [1.807, 2.05) is 0 Å². The van der Waals surface area contributed by atoms with E-state index < -0.39 is 18.6 Å². The van der Waals surface area contributed by atoms with Crippen LogP contribution >= 0.6 is 11.6 Å². The predicted molar refractivity (Wildman–Crippen MR) is 99.6 cm³/mol. The largest absolute Gasteiger partial charge is 0.393 e. The number of carbonyl (C=O) groups excluding carboxylic acids is 1. The van der Waals surface area contributed by atoms with E-state index >= 15 is 0 Å². The number of rotatable bonds is 5. The summed E-state index contributed by atoms with van der Waals surface area (Å²) in [7, 11) is 0. The van der Waals surface area contributed by atoms with Crippen LogP contribution in [0.1, 0.15) is 44.9 Å². The third kappa shape index (κ3) is 4.20. The Hall–Kier alpha value is -0.400. The van der Waals surface area contributed by atoms with Crippen molar-refractivity contribution in [1.82, 2.24) is 4.90 Å². The van der Waals surface area contributed by atoms with Crippen molar-refractivity contribution in [2.75, 3.05) is 19.7 Å². The van der Waals surface area contributed by atoms with Crippen molar-refractivity contribution in [2.45, 2.75) is 68.6 Å². The fourth-order valence-electron chi connectivity index (χ4n) is 5.11. The lowest BCUT2D eigenvalue weighted by Gasteiger charge is -2.47. The molecule has 1 heterocycles. The Morgan fingerprint density at radius 3 is 2.38 bits per heavy atom. The van der Waals surface area contributed by atoms with Gasteiger partial charge in [-0.25, -0.2) is 0 Å². The number of aliphatic hydroxyl groups is 3. The molecule has 3 fully saturated rings. The van der Waals surface area contributed by atoms with Crippen LogP contribution in [0.2, 0.25) is 0 Å².